The molecule has 0 N–H and O–H groups in total. The van der Waals surface area contributed by atoms with E-state index in [9.17, 15) is 4.79 Å². The summed E-state index contributed by atoms with van der Waals surface area (Å²) < 4.78 is 8.08. The van der Waals surface area contributed by atoms with Gasteiger partial charge in [-0.05, 0) is 69.5 Å². The summed E-state index contributed by atoms with van der Waals surface area (Å²) in [5.41, 5.74) is 1.40. The van der Waals surface area contributed by atoms with Gasteiger partial charge in [0.15, 0.2) is 5.13 Å². The van der Waals surface area contributed by atoms with Crippen molar-refractivity contribution < 1.29 is 9.53 Å². The molecular weight excluding hydrogens is 486 g/mol. The highest BCUT2D eigenvalue weighted by atomic mass is 79.9. The minimum atomic E-state index is -0.117. The number of ether oxygens (including phenoxy) is 1. The lowest BCUT2D eigenvalue weighted by atomic mass is 10.1. The Bertz CT molecular complexity index is 1210. The number of hydrogen-bond acceptors (Lipinski definition) is 5. The van der Waals surface area contributed by atoms with Crippen molar-refractivity contribution in [2.45, 2.75) is 6.42 Å². The van der Waals surface area contributed by atoms with Crippen molar-refractivity contribution in [2.75, 3.05) is 32.1 Å². The number of carbonyl (C=O) groups excluding carboxylic acids is 1. The van der Waals surface area contributed by atoms with Crippen molar-refractivity contribution in [3.8, 4) is 11.5 Å². The van der Waals surface area contributed by atoms with Crippen molar-refractivity contribution in [1.82, 2.24) is 9.88 Å². The zero-order valence-electron chi connectivity index (χ0n) is 18.0. The predicted octanol–water partition coefficient (Wildman–Crippen LogP) is 6.45. The molecule has 5 nitrogen and oxygen atoms in total. The van der Waals surface area contributed by atoms with Gasteiger partial charge >= 0.3 is 0 Å². The molecule has 0 fully saturated rings. The van der Waals surface area contributed by atoms with Gasteiger partial charge in [-0.1, -0.05) is 57.6 Å². The monoisotopic (exact) mass is 509 g/mol. The summed E-state index contributed by atoms with van der Waals surface area (Å²) in [5, 5.41) is 0.691. The summed E-state index contributed by atoms with van der Waals surface area (Å²) in [6, 6.07) is 22.8. The molecule has 0 atom stereocenters. The smallest absolute Gasteiger partial charge is 0.263 e. The van der Waals surface area contributed by atoms with Crippen LogP contribution >= 0.6 is 27.3 Å². The summed E-state index contributed by atoms with van der Waals surface area (Å²) in [6.07, 6.45) is 0.833. The number of hydrogen-bond donors (Lipinski definition) is 0. The first-order chi connectivity index (χ1) is 15.5. The average Bonchev–Trinajstić information content (AvgIpc) is 3.20. The van der Waals surface area contributed by atoms with E-state index in [2.05, 4.69) is 20.8 Å². The minimum Gasteiger partial charge on any atom is -0.457 e. The van der Waals surface area contributed by atoms with E-state index in [4.69, 9.17) is 9.72 Å². The van der Waals surface area contributed by atoms with Gasteiger partial charge in [0, 0.05) is 11.0 Å². The van der Waals surface area contributed by atoms with E-state index >= 15 is 0 Å². The lowest BCUT2D eigenvalue weighted by molar-refractivity contribution is 0.0984. The van der Waals surface area contributed by atoms with Crippen LogP contribution in [0.3, 0.4) is 0 Å². The van der Waals surface area contributed by atoms with Crippen LogP contribution in [0.4, 0.5) is 5.13 Å². The van der Waals surface area contributed by atoms with E-state index in [-0.39, 0.29) is 5.91 Å². The minimum absolute atomic E-state index is 0.117. The van der Waals surface area contributed by atoms with E-state index in [1.165, 1.54) is 11.3 Å². The van der Waals surface area contributed by atoms with Crippen molar-refractivity contribution in [1.29, 1.82) is 0 Å². The van der Waals surface area contributed by atoms with Crippen molar-refractivity contribution in [2.24, 2.45) is 0 Å². The number of halogens is 1. The van der Waals surface area contributed by atoms with E-state index < -0.39 is 0 Å². The third kappa shape index (κ3) is 5.35. The zero-order chi connectivity index (χ0) is 22.5. The first kappa shape index (κ1) is 22.5. The number of para-hydroxylation sites is 2. The molecule has 0 aliphatic heterocycles. The summed E-state index contributed by atoms with van der Waals surface area (Å²) in [4.78, 5) is 22.4. The molecular formula is C25H24BrN3O2S. The van der Waals surface area contributed by atoms with Gasteiger partial charge in [-0.3, -0.25) is 9.69 Å². The van der Waals surface area contributed by atoms with Crippen LogP contribution in [0.15, 0.2) is 77.3 Å². The Kier molecular flexibility index (Phi) is 7.19. The maximum absolute atomic E-state index is 13.8. The highest BCUT2D eigenvalue weighted by molar-refractivity contribution is 9.10. The Balaban J connectivity index is 1.68. The predicted molar refractivity (Wildman–Crippen MR) is 135 cm³/mol. The number of fused-ring (bicyclic) bond motifs is 1. The Morgan fingerprint density at radius 2 is 1.75 bits per heavy atom. The number of carbonyl (C=O) groups is 1. The highest BCUT2D eigenvalue weighted by Gasteiger charge is 2.24. The van der Waals surface area contributed by atoms with Gasteiger partial charge < -0.3 is 9.64 Å². The normalized spacial score (nSPS) is 11.1. The van der Waals surface area contributed by atoms with Crippen LogP contribution in [0.25, 0.3) is 10.2 Å². The van der Waals surface area contributed by atoms with Gasteiger partial charge in [0.2, 0.25) is 0 Å². The summed E-state index contributed by atoms with van der Waals surface area (Å²) in [6.45, 7) is 1.44. The second-order valence-electron chi connectivity index (χ2n) is 7.63. The highest BCUT2D eigenvalue weighted by Crippen LogP contribution is 2.33. The number of thiazole rings is 1. The fourth-order valence-electron chi connectivity index (χ4n) is 3.32. The van der Waals surface area contributed by atoms with Crippen LogP contribution < -0.4 is 9.64 Å². The molecule has 0 aliphatic rings. The second kappa shape index (κ2) is 10.3. The van der Waals surface area contributed by atoms with Gasteiger partial charge in [0.1, 0.15) is 11.5 Å². The molecule has 164 valence electrons. The molecule has 3 aromatic carbocycles. The molecule has 1 heterocycles. The van der Waals surface area contributed by atoms with Crippen molar-refractivity contribution in [3.63, 3.8) is 0 Å². The fourth-order valence-corrected chi connectivity index (χ4v) is 4.87. The number of rotatable bonds is 8. The van der Waals surface area contributed by atoms with Crippen LogP contribution in [0, 0.1) is 0 Å². The van der Waals surface area contributed by atoms with E-state index in [1.54, 1.807) is 4.90 Å². The third-order valence-electron chi connectivity index (χ3n) is 4.89. The van der Waals surface area contributed by atoms with Gasteiger partial charge in [-0.15, -0.1) is 0 Å². The zero-order valence-corrected chi connectivity index (χ0v) is 20.4. The number of benzene rings is 3. The third-order valence-corrected chi connectivity index (χ3v) is 6.43. The molecule has 1 amide bonds. The number of anilines is 1. The Labute approximate surface area is 200 Å². The molecule has 1 aromatic heterocycles. The number of aromatic nitrogens is 1. The fraction of sp³-hybridized carbons (Fsp3) is 0.200. The van der Waals surface area contributed by atoms with Gasteiger partial charge in [-0.2, -0.15) is 0 Å². The second-order valence-corrected chi connectivity index (χ2v) is 9.56. The SMILES string of the molecule is CN(C)CCCN(C(=O)c1ccccc1Oc1ccccc1)c1nc2ccc(Br)cc2s1. The molecule has 0 bridgehead atoms. The number of nitrogens with zero attached hydrogens (tertiary/aromatic N) is 3. The van der Waals surface area contributed by atoms with Crippen LogP contribution in [-0.4, -0.2) is 43.0 Å². The van der Waals surface area contributed by atoms with E-state index in [0.717, 1.165) is 27.7 Å². The molecule has 0 aliphatic carbocycles. The van der Waals surface area contributed by atoms with Gasteiger partial charge in [-0.25, -0.2) is 4.98 Å². The Morgan fingerprint density at radius 1 is 1.00 bits per heavy atom. The van der Waals surface area contributed by atoms with Gasteiger partial charge in [0.25, 0.3) is 5.91 Å². The summed E-state index contributed by atoms with van der Waals surface area (Å²) in [5.74, 6) is 1.11. The van der Waals surface area contributed by atoms with Crippen LogP contribution in [-0.2, 0) is 0 Å². The maximum Gasteiger partial charge on any atom is 0.263 e. The van der Waals surface area contributed by atoms with Crippen molar-refractivity contribution >= 4 is 48.5 Å². The molecule has 0 saturated heterocycles. The van der Waals surface area contributed by atoms with Crippen LogP contribution in [0.1, 0.15) is 16.8 Å². The lowest BCUT2D eigenvalue weighted by Crippen LogP contribution is -2.33. The Hall–Kier alpha value is -2.74. The largest absolute Gasteiger partial charge is 0.457 e. The molecule has 0 radical (unpaired) electrons. The molecule has 7 heteroatoms. The van der Waals surface area contributed by atoms with E-state index in [1.807, 2.05) is 86.9 Å². The Morgan fingerprint density at radius 3 is 2.53 bits per heavy atom. The number of amides is 1. The first-order valence-corrected chi connectivity index (χ1v) is 12.0. The van der Waals surface area contributed by atoms with Gasteiger partial charge in [0.05, 0.1) is 15.8 Å². The standard InChI is InChI=1S/C25H24BrN3O2S/c1-28(2)15-8-16-29(25-27-21-14-13-18(26)17-23(21)32-25)24(30)20-11-6-7-12-22(20)31-19-9-4-3-5-10-19/h3-7,9-14,17H,8,15-16H2,1-2H3. The van der Waals surface area contributed by atoms with Crippen LogP contribution in [0.5, 0.6) is 11.5 Å². The maximum atomic E-state index is 13.8. The quantitative estimate of drug-likeness (QED) is 0.273. The molecule has 4 aromatic rings. The van der Waals surface area contributed by atoms with E-state index in [0.29, 0.717) is 28.7 Å². The van der Waals surface area contributed by atoms with Crippen molar-refractivity contribution in [3.05, 3.63) is 82.8 Å². The molecule has 0 saturated carbocycles. The molecule has 0 unspecified atom stereocenters. The lowest BCUT2D eigenvalue weighted by Gasteiger charge is -2.22. The molecule has 4 rings (SSSR count). The summed E-state index contributed by atoms with van der Waals surface area (Å²) in [7, 11) is 4.06. The molecule has 32 heavy (non-hydrogen) atoms. The molecule has 0 spiro atoms. The van der Waals surface area contributed by atoms with Crippen LogP contribution in [0.2, 0.25) is 0 Å². The summed E-state index contributed by atoms with van der Waals surface area (Å²) >= 11 is 5.04. The first-order valence-electron chi connectivity index (χ1n) is 10.4. The topological polar surface area (TPSA) is 45.7 Å². The average molecular weight is 510 g/mol.